The molecule has 1 aliphatic rings. The van der Waals surface area contributed by atoms with Gasteiger partial charge in [0.15, 0.2) is 0 Å². The maximum atomic E-state index is 12.2. The van der Waals surface area contributed by atoms with E-state index in [1.807, 2.05) is 25.1 Å². The molecule has 3 rings (SSSR count). The van der Waals surface area contributed by atoms with Gasteiger partial charge in [-0.25, -0.2) is 4.98 Å². The Morgan fingerprint density at radius 1 is 1.43 bits per heavy atom. The van der Waals surface area contributed by atoms with E-state index in [-0.39, 0.29) is 36.8 Å². The quantitative estimate of drug-likeness (QED) is 0.842. The van der Waals surface area contributed by atoms with Crippen LogP contribution in [0.2, 0.25) is 0 Å². The van der Waals surface area contributed by atoms with Gasteiger partial charge in [-0.3, -0.25) is 9.78 Å². The Hall–Kier alpha value is -1.21. The molecule has 5 nitrogen and oxygen atoms in total. The highest BCUT2D eigenvalue weighted by atomic mass is 35.5. The minimum absolute atomic E-state index is 0. The molecule has 2 aromatic heterocycles. The molecule has 126 valence electrons. The Kier molecular flexibility index (Phi) is 7.41. The summed E-state index contributed by atoms with van der Waals surface area (Å²) < 4.78 is 0. The molecule has 0 aliphatic heterocycles. The lowest BCUT2D eigenvalue weighted by molar-refractivity contribution is 0.0953. The summed E-state index contributed by atoms with van der Waals surface area (Å²) in [6, 6.07) is 5.73. The van der Waals surface area contributed by atoms with Gasteiger partial charge in [-0.2, -0.15) is 0 Å². The van der Waals surface area contributed by atoms with Crippen molar-refractivity contribution in [3.05, 3.63) is 35.0 Å². The van der Waals surface area contributed by atoms with Crippen LogP contribution >= 0.6 is 36.2 Å². The number of halogens is 2. The van der Waals surface area contributed by atoms with Gasteiger partial charge >= 0.3 is 0 Å². The van der Waals surface area contributed by atoms with Gasteiger partial charge in [0.05, 0.1) is 11.4 Å². The maximum absolute atomic E-state index is 12.2. The number of nitrogens with zero attached hydrogens (tertiary/aromatic N) is 2. The lowest BCUT2D eigenvalue weighted by Gasteiger charge is -2.10. The van der Waals surface area contributed by atoms with Crippen LogP contribution in [0.1, 0.15) is 28.2 Å². The minimum atomic E-state index is -0.0942. The summed E-state index contributed by atoms with van der Waals surface area (Å²) in [5.74, 6) is 0.486. The average molecular weight is 375 g/mol. The molecule has 0 spiro atoms. The molecule has 1 aliphatic carbocycles. The number of rotatable bonds is 5. The fraction of sp³-hybridized carbons (Fsp3) is 0.400. The van der Waals surface area contributed by atoms with Gasteiger partial charge in [0, 0.05) is 18.8 Å². The van der Waals surface area contributed by atoms with Crippen LogP contribution in [0.15, 0.2) is 24.4 Å². The van der Waals surface area contributed by atoms with Crippen LogP contribution in [-0.4, -0.2) is 28.5 Å². The van der Waals surface area contributed by atoms with Crippen molar-refractivity contribution in [1.29, 1.82) is 0 Å². The fourth-order valence-corrected chi connectivity index (χ4v) is 3.15. The maximum Gasteiger partial charge on any atom is 0.263 e. The number of aryl methyl sites for hydroxylation is 1. The van der Waals surface area contributed by atoms with Crippen LogP contribution in [0, 0.1) is 12.8 Å². The molecule has 0 saturated heterocycles. The normalized spacial score (nSPS) is 14.3. The third kappa shape index (κ3) is 4.88. The molecule has 0 bridgehead atoms. The van der Waals surface area contributed by atoms with Gasteiger partial charge in [0.2, 0.25) is 0 Å². The number of nitrogens with two attached hydrogens (primary N) is 1. The van der Waals surface area contributed by atoms with E-state index in [0.717, 1.165) is 16.4 Å². The van der Waals surface area contributed by atoms with Crippen LogP contribution in [-0.2, 0) is 0 Å². The molecule has 1 atom stereocenters. The monoisotopic (exact) mass is 374 g/mol. The third-order valence-electron chi connectivity index (χ3n) is 3.61. The Labute approximate surface area is 151 Å². The van der Waals surface area contributed by atoms with E-state index in [2.05, 4.69) is 15.3 Å². The highest BCUT2D eigenvalue weighted by Gasteiger charge is 2.28. The predicted molar refractivity (Wildman–Crippen MR) is 97.6 cm³/mol. The Bertz CT molecular complexity index is 646. The summed E-state index contributed by atoms with van der Waals surface area (Å²) in [6.45, 7) is 2.37. The molecule has 2 heterocycles. The van der Waals surface area contributed by atoms with Crippen LogP contribution in [0.25, 0.3) is 10.7 Å². The van der Waals surface area contributed by atoms with Crippen LogP contribution in [0.4, 0.5) is 0 Å². The number of carbonyl (C=O) groups is 1. The Balaban J connectivity index is 0.00000132. The molecule has 0 radical (unpaired) electrons. The van der Waals surface area contributed by atoms with E-state index in [1.54, 1.807) is 6.20 Å². The molecular formula is C15H20Cl2N4OS. The first-order chi connectivity index (χ1) is 10.1. The Morgan fingerprint density at radius 3 is 2.78 bits per heavy atom. The Morgan fingerprint density at radius 2 is 2.17 bits per heavy atom. The summed E-state index contributed by atoms with van der Waals surface area (Å²) in [5, 5.41) is 3.68. The van der Waals surface area contributed by atoms with Gasteiger partial charge in [0.1, 0.15) is 9.88 Å². The molecule has 0 aromatic carbocycles. The molecule has 1 saturated carbocycles. The summed E-state index contributed by atoms with van der Waals surface area (Å²) in [4.78, 5) is 21.6. The van der Waals surface area contributed by atoms with Gasteiger partial charge in [-0.05, 0) is 37.8 Å². The first kappa shape index (κ1) is 19.8. The van der Waals surface area contributed by atoms with E-state index in [0.29, 0.717) is 17.3 Å². The zero-order chi connectivity index (χ0) is 14.8. The smallest absolute Gasteiger partial charge is 0.263 e. The number of thiazole rings is 1. The second-order valence-corrected chi connectivity index (χ2v) is 6.36. The second-order valence-electron chi connectivity index (χ2n) is 5.36. The van der Waals surface area contributed by atoms with E-state index >= 15 is 0 Å². The number of aromatic nitrogens is 2. The number of hydrogen-bond donors (Lipinski definition) is 2. The number of hydrogen-bond acceptors (Lipinski definition) is 5. The van der Waals surface area contributed by atoms with E-state index in [1.165, 1.54) is 24.2 Å². The molecule has 1 unspecified atom stereocenters. The number of carbonyl (C=O) groups excluding carboxylic acids is 1. The topological polar surface area (TPSA) is 80.9 Å². The highest BCUT2D eigenvalue weighted by molar-refractivity contribution is 7.17. The fourth-order valence-electron chi connectivity index (χ4n) is 2.19. The van der Waals surface area contributed by atoms with E-state index in [4.69, 9.17) is 5.73 Å². The van der Waals surface area contributed by atoms with Crippen molar-refractivity contribution in [3.63, 3.8) is 0 Å². The van der Waals surface area contributed by atoms with Gasteiger partial charge in [0.25, 0.3) is 5.91 Å². The summed E-state index contributed by atoms with van der Waals surface area (Å²) in [6.07, 6.45) is 4.08. The molecule has 1 fully saturated rings. The van der Waals surface area contributed by atoms with Crippen molar-refractivity contribution in [1.82, 2.24) is 15.3 Å². The molecule has 3 N–H and O–H groups in total. The molecule has 1 amide bonds. The van der Waals surface area contributed by atoms with Gasteiger partial charge < -0.3 is 11.1 Å². The first-order valence-electron chi connectivity index (χ1n) is 7.08. The lowest BCUT2D eigenvalue weighted by atomic mass is 10.2. The van der Waals surface area contributed by atoms with Crippen LogP contribution < -0.4 is 11.1 Å². The van der Waals surface area contributed by atoms with E-state index < -0.39 is 0 Å². The summed E-state index contributed by atoms with van der Waals surface area (Å²) in [5.41, 5.74) is 7.53. The van der Waals surface area contributed by atoms with Crippen molar-refractivity contribution < 1.29 is 4.79 Å². The number of pyridine rings is 1. The van der Waals surface area contributed by atoms with Crippen molar-refractivity contribution in [3.8, 4) is 10.7 Å². The lowest BCUT2D eigenvalue weighted by Crippen LogP contribution is -2.38. The van der Waals surface area contributed by atoms with E-state index in [9.17, 15) is 4.79 Å². The van der Waals surface area contributed by atoms with Crippen LogP contribution in [0.3, 0.4) is 0 Å². The average Bonchev–Trinajstić information content (AvgIpc) is 3.28. The van der Waals surface area contributed by atoms with Gasteiger partial charge in [-0.15, -0.1) is 36.2 Å². The molecule has 23 heavy (non-hydrogen) atoms. The molecular weight excluding hydrogens is 355 g/mol. The van der Waals surface area contributed by atoms with Gasteiger partial charge in [-0.1, -0.05) is 6.07 Å². The number of nitrogens with one attached hydrogen (secondary N) is 1. The summed E-state index contributed by atoms with van der Waals surface area (Å²) in [7, 11) is 0. The summed E-state index contributed by atoms with van der Waals surface area (Å²) >= 11 is 1.37. The third-order valence-corrected chi connectivity index (χ3v) is 4.79. The first-order valence-corrected chi connectivity index (χ1v) is 7.89. The largest absolute Gasteiger partial charge is 0.350 e. The standard InChI is InChI=1S/C15H18N4OS.2ClH/c1-9-13(14(20)18-8-11(16)10-5-6-10)21-15(19-9)12-4-2-3-7-17-12;;/h2-4,7,10-11H,5-6,8,16H2,1H3,(H,18,20);2*1H. The number of amides is 1. The van der Waals surface area contributed by atoms with Crippen LogP contribution in [0.5, 0.6) is 0 Å². The zero-order valence-corrected chi connectivity index (χ0v) is 15.1. The second kappa shape index (κ2) is 8.59. The SMILES string of the molecule is Cc1nc(-c2ccccn2)sc1C(=O)NCC(N)C1CC1.Cl.Cl. The van der Waals surface area contributed by atoms with Crippen molar-refractivity contribution in [2.24, 2.45) is 11.7 Å². The molecule has 8 heteroatoms. The van der Waals surface area contributed by atoms with Crippen molar-refractivity contribution in [2.75, 3.05) is 6.54 Å². The van der Waals surface area contributed by atoms with Crippen molar-refractivity contribution in [2.45, 2.75) is 25.8 Å². The zero-order valence-electron chi connectivity index (χ0n) is 12.7. The molecule has 2 aromatic rings. The predicted octanol–water partition coefficient (Wildman–Crippen LogP) is 2.82. The minimum Gasteiger partial charge on any atom is -0.350 e. The van der Waals surface area contributed by atoms with Crippen molar-refractivity contribution >= 4 is 42.1 Å². The highest BCUT2D eigenvalue weighted by Crippen LogP contribution is 2.31.